The van der Waals surface area contributed by atoms with Crippen LogP contribution < -0.4 is 9.47 Å². The smallest absolute Gasteiger partial charge is 0.119 e. The molecule has 2 heterocycles. The molecule has 11 atom stereocenters. The van der Waals surface area contributed by atoms with Gasteiger partial charge in [-0.25, -0.2) is 0 Å². The first-order valence-corrected chi connectivity index (χ1v) is 20.8. The summed E-state index contributed by atoms with van der Waals surface area (Å²) in [6, 6.07) is 25.9. The average molecular weight is 912 g/mol. The molecule has 344 valence electrons. The Bertz CT molecular complexity index is 1760. The maximum atomic E-state index is 10.3. The van der Waals surface area contributed by atoms with Gasteiger partial charge in [0.05, 0.1) is 39.1 Å². The number of aliphatic hydroxyl groups excluding tert-OH is 10. The van der Waals surface area contributed by atoms with E-state index in [4.69, 9.17) is 52.4 Å². The molecule has 2 aliphatic heterocycles. The molecule has 15 nitrogen and oxygen atoms in total. The highest BCUT2D eigenvalue weighted by molar-refractivity contribution is 6.31. The van der Waals surface area contributed by atoms with Gasteiger partial charge in [0.1, 0.15) is 72.5 Å². The van der Waals surface area contributed by atoms with Crippen molar-refractivity contribution in [2.24, 2.45) is 0 Å². The summed E-state index contributed by atoms with van der Waals surface area (Å²) in [5, 5.41) is 96.5. The number of rotatable bonds is 13. The number of halogens is 2. The number of aliphatic hydroxyl groups is 10. The van der Waals surface area contributed by atoms with E-state index < -0.39 is 80.4 Å². The summed E-state index contributed by atoms with van der Waals surface area (Å²) in [4.78, 5) is 0. The van der Waals surface area contributed by atoms with E-state index in [2.05, 4.69) is 0 Å². The van der Waals surface area contributed by atoms with Crippen molar-refractivity contribution >= 4 is 23.2 Å². The second-order valence-electron chi connectivity index (χ2n) is 14.7. The summed E-state index contributed by atoms with van der Waals surface area (Å²) in [5.74, 6) is 1.60. The molecule has 62 heavy (non-hydrogen) atoms. The molecule has 4 aromatic carbocycles. The van der Waals surface area contributed by atoms with E-state index in [-0.39, 0.29) is 12.1 Å². The molecule has 2 fully saturated rings. The lowest BCUT2D eigenvalue weighted by molar-refractivity contribution is -0.231. The number of hydrogen-bond donors (Lipinski definition) is 10. The molecular formula is C45H60Cl2O15. The quantitative estimate of drug-likeness (QED) is 0.0923. The molecule has 0 saturated carbocycles. The third-order valence-corrected chi connectivity index (χ3v) is 10.8. The monoisotopic (exact) mass is 910 g/mol. The van der Waals surface area contributed by atoms with Gasteiger partial charge in [-0.05, 0) is 103 Å². The Morgan fingerprint density at radius 1 is 0.548 bits per heavy atom. The Balaban J connectivity index is 0.000000294. The van der Waals surface area contributed by atoms with Crippen molar-refractivity contribution in [2.75, 3.05) is 33.0 Å². The predicted molar refractivity (Wildman–Crippen MR) is 232 cm³/mol. The molecule has 0 radical (unpaired) electrons. The fraction of sp³-hybridized carbons (Fsp3) is 0.467. The van der Waals surface area contributed by atoms with Crippen molar-refractivity contribution in [3.05, 3.63) is 128 Å². The minimum atomic E-state index is -1.42. The molecule has 17 heteroatoms. The first-order chi connectivity index (χ1) is 29.1. The average Bonchev–Trinajstić information content (AvgIpc) is 3.26. The van der Waals surface area contributed by atoms with Crippen molar-refractivity contribution < 1.29 is 75.5 Å². The molecule has 0 aromatic heterocycles. The second kappa shape index (κ2) is 25.7. The molecular weight excluding hydrogens is 851 g/mol. The van der Waals surface area contributed by atoms with E-state index in [0.717, 1.165) is 33.8 Å². The molecule has 0 spiro atoms. The molecule has 2 aliphatic rings. The molecule has 4 aromatic rings. The summed E-state index contributed by atoms with van der Waals surface area (Å²) < 4.78 is 22.2. The molecule has 0 bridgehead atoms. The van der Waals surface area contributed by atoms with E-state index in [0.29, 0.717) is 47.2 Å². The van der Waals surface area contributed by atoms with Crippen molar-refractivity contribution in [1.29, 1.82) is 0 Å². The van der Waals surface area contributed by atoms with Gasteiger partial charge in [-0.3, -0.25) is 0 Å². The molecule has 1 unspecified atom stereocenters. The van der Waals surface area contributed by atoms with Crippen LogP contribution in [-0.4, -0.2) is 145 Å². The first-order valence-electron chi connectivity index (χ1n) is 20.1. The maximum absolute atomic E-state index is 10.3. The van der Waals surface area contributed by atoms with Crippen LogP contribution in [0.15, 0.2) is 84.9 Å². The third-order valence-electron chi connectivity index (χ3n) is 10.1. The van der Waals surface area contributed by atoms with Gasteiger partial charge in [-0.2, -0.15) is 0 Å². The minimum absolute atomic E-state index is 0. The molecule has 12 N–H and O–H groups in total. The van der Waals surface area contributed by atoms with Gasteiger partial charge < -0.3 is 75.5 Å². The Morgan fingerprint density at radius 2 is 0.887 bits per heavy atom. The van der Waals surface area contributed by atoms with Crippen LogP contribution >= 0.6 is 23.2 Å². The highest BCUT2D eigenvalue weighted by Gasteiger charge is 2.45. The molecule has 6 rings (SSSR count). The largest absolute Gasteiger partial charge is 0.494 e. The van der Waals surface area contributed by atoms with E-state index in [9.17, 15) is 40.9 Å². The zero-order valence-corrected chi connectivity index (χ0v) is 36.3. The second-order valence-corrected chi connectivity index (χ2v) is 15.6. The third kappa shape index (κ3) is 14.3. The topological polar surface area (TPSA) is 271 Å². The van der Waals surface area contributed by atoms with Crippen molar-refractivity contribution in [2.45, 2.75) is 101 Å². The van der Waals surface area contributed by atoms with Crippen LogP contribution in [0.4, 0.5) is 0 Å². The van der Waals surface area contributed by atoms with Crippen LogP contribution in [0, 0.1) is 0 Å². The van der Waals surface area contributed by atoms with Crippen LogP contribution in [-0.2, 0) is 22.3 Å². The fourth-order valence-electron chi connectivity index (χ4n) is 6.75. The molecule has 0 aliphatic carbocycles. The SMILES string of the molecule is CCOc1ccc(Cc2cc(C3O[C@H](CO)[C@@H](O)[C@H](O)[C@H]3O)ccc2Cl)cc1.CCOc1ccc(Cc2cc([C@@H]3O[C@H](CO)[C@@H](O)[C@H](O)[C@H]3O)ccc2Cl)cc1.C[C@H](O)CO.O. The number of benzene rings is 4. The van der Waals surface area contributed by atoms with Crippen LogP contribution in [0.3, 0.4) is 0 Å². The highest BCUT2D eigenvalue weighted by Crippen LogP contribution is 2.36. The van der Waals surface area contributed by atoms with Gasteiger partial charge in [0.2, 0.25) is 0 Å². The molecule has 2 saturated heterocycles. The first kappa shape index (κ1) is 52.9. The Kier molecular flexibility index (Phi) is 22.0. The van der Waals surface area contributed by atoms with E-state index in [1.807, 2.05) is 74.5 Å². The van der Waals surface area contributed by atoms with Crippen molar-refractivity contribution in [1.82, 2.24) is 0 Å². The lowest BCUT2D eigenvalue weighted by Gasteiger charge is -2.40. The van der Waals surface area contributed by atoms with Gasteiger partial charge >= 0.3 is 0 Å². The van der Waals surface area contributed by atoms with E-state index >= 15 is 0 Å². The van der Waals surface area contributed by atoms with E-state index in [1.165, 1.54) is 6.92 Å². The lowest BCUT2D eigenvalue weighted by Crippen LogP contribution is -2.55. The number of hydrogen-bond acceptors (Lipinski definition) is 14. The van der Waals surface area contributed by atoms with Gasteiger partial charge in [-0.15, -0.1) is 0 Å². The molecule has 0 amide bonds. The van der Waals surface area contributed by atoms with Gasteiger partial charge in [0, 0.05) is 10.0 Å². The number of ether oxygens (including phenoxy) is 4. The fourth-order valence-corrected chi connectivity index (χ4v) is 7.12. The standard InChI is InChI=1S/2C21H25ClO6.C3H8O2.H2O/c2*1-2-27-15-6-3-12(4-7-15)9-14-10-13(5-8-16(14)22)21-20(26)19(25)18(24)17(11-23)28-21;1-3(5)2-4;/h2*3-8,10,17-21,23-26H,2,9,11H2,1H3;3-5H,2H2,1H3;1H2/t17-,18-,19+,20-,21?;17-,18-,19+,20-,21+;3-;/m110./s1. The van der Waals surface area contributed by atoms with Gasteiger partial charge in [0.25, 0.3) is 0 Å². The summed E-state index contributed by atoms with van der Waals surface area (Å²) in [6.45, 7) is 5.53. The van der Waals surface area contributed by atoms with Crippen LogP contribution in [0.2, 0.25) is 10.0 Å². The lowest BCUT2D eigenvalue weighted by atomic mass is 9.90. The van der Waals surface area contributed by atoms with Gasteiger partial charge in [-0.1, -0.05) is 71.7 Å². The predicted octanol–water partition coefficient (Wildman–Crippen LogP) is 2.22. The summed E-state index contributed by atoms with van der Waals surface area (Å²) in [5.41, 5.74) is 4.97. The van der Waals surface area contributed by atoms with Crippen LogP contribution in [0.25, 0.3) is 0 Å². The maximum Gasteiger partial charge on any atom is 0.119 e. The van der Waals surface area contributed by atoms with E-state index in [1.54, 1.807) is 24.3 Å². The Labute approximate surface area is 371 Å². The summed E-state index contributed by atoms with van der Waals surface area (Å²) in [7, 11) is 0. The van der Waals surface area contributed by atoms with Gasteiger partial charge in [0.15, 0.2) is 0 Å². The van der Waals surface area contributed by atoms with Crippen molar-refractivity contribution in [3.63, 3.8) is 0 Å². The zero-order valence-electron chi connectivity index (χ0n) is 34.7. The summed E-state index contributed by atoms with van der Waals surface area (Å²) >= 11 is 12.7. The normalized spacial score (nSPS) is 26.1. The minimum Gasteiger partial charge on any atom is -0.494 e. The van der Waals surface area contributed by atoms with Crippen molar-refractivity contribution in [3.8, 4) is 11.5 Å². The van der Waals surface area contributed by atoms with Crippen LogP contribution in [0.1, 0.15) is 66.4 Å². The summed E-state index contributed by atoms with van der Waals surface area (Å²) in [6.07, 6.45) is -11.3. The van der Waals surface area contributed by atoms with Crippen LogP contribution in [0.5, 0.6) is 11.5 Å². The Morgan fingerprint density at radius 3 is 1.18 bits per heavy atom. The zero-order chi connectivity index (χ0) is 44.8. The Hall–Kier alpha value is -3.46. The highest BCUT2D eigenvalue weighted by atomic mass is 35.5.